The molecule has 2 aliphatic rings. The Kier molecular flexibility index (Phi) is 7.64. The average molecular weight is 576 g/mol. The van der Waals surface area contributed by atoms with Crippen molar-refractivity contribution in [2.75, 3.05) is 37.4 Å². The lowest BCUT2D eigenvalue weighted by molar-refractivity contribution is -0.198. The molecule has 0 amide bonds. The molecule has 2 aromatic carbocycles. The summed E-state index contributed by atoms with van der Waals surface area (Å²) in [5.41, 5.74) is 6.47. The van der Waals surface area contributed by atoms with E-state index in [1.807, 2.05) is 4.90 Å². The number of anilines is 2. The van der Waals surface area contributed by atoms with E-state index in [9.17, 15) is 27.5 Å². The number of alkyl halides is 3. The molecule has 2 atom stereocenters. The van der Waals surface area contributed by atoms with Gasteiger partial charge in [0, 0.05) is 37.3 Å². The molecule has 0 unspecified atom stereocenters. The van der Waals surface area contributed by atoms with Gasteiger partial charge in [-0.15, -0.1) is 0 Å². The monoisotopic (exact) mass is 575 g/mol. The molecule has 4 N–H and O–H groups in total. The normalized spacial score (nSPS) is 19.2. The fraction of sp³-hybridized carbons (Fsp3) is 0.393. The number of carboxylic acids is 1. The zero-order valence-electron chi connectivity index (χ0n) is 22.1. The molecule has 41 heavy (non-hydrogen) atoms. The summed E-state index contributed by atoms with van der Waals surface area (Å²) in [6.45, 7) is 1.65. The van der Waals surface area contributed by atoms with Crippen LogP contribution < -0.4 is 25.4 Å². The van der Waals surface area contributed by atoms with Crippen molar-refractivity contribution >= 4 is 17.7 Å². The SMILES string of the molecule is COc1cc(F)cc(-c2ccc([C@@H](Oc3cc(N4CCC5(CC4)CN[C@H](C(=O)O)C5)nc(N)n3)C(F)(F)F)cc2)c1. The van der Waals surface area contributed by atoms with Crippen molar-refractivity contribution in [3.63, 3.8) is 0 Å². The third kappa shape index (κ3) is 6.29. The molecule has 3 heterocycles. The molecule has 13 heteroatoms. The van der Waals surface area contributed by atoms with E-state index in [1.54, 1.807) is 6.07 Å². The first-order chi connectivity index (χ1) is 19.4. The first-order valence-corrected chi connectivity index (χ1v) is 13.0. The van der Waals surface area contributed by atoms with Gasteiger partial charge in [-0.25, -0.2) is 4.39 Å². The van der Waals surface area contributed by atoms with Crippen molar-refractivity contribution in [1.82, 2.24) is 15.3 Å². The summed E-state index contributed by atoms with van der Waals surface area (Å²) >= 11 is 0. The summed E-state index contributed by atoms with van der Waals surface area (Å²) < 4.78 is 66.8. The van der Waals surface area contributed by atoms with Gasteiger partial charge < -0.3 is 30.5 Å². The van der Waals surface area contributed by atoms with E-state index in [2.05, 4.69) is 15.3 Å². The molecule has 0 saturated carbocycles. The molecular formula is C28H29F4N5O4. The van der Waals surface area contributed by atoms with E-state index in [4.69, 9.17) is 15.2 Å². The minimum atomic E-state index is -4.78. The van der Waals surface area contributed by atoms with Gasteiger partial charge in [-0.05, 0) is 47.9 Å². The van der Waals surface area contributed by atoms with E-state index < -0.39 is 30.1 Å². The summed E-state index contributed by atoms with van der Waals surface area (Å²) in [4.78, 5) is 21.3. The smallest absolute Gasteiger partial charge is 0.429 e. The fourth-order valence-electron chi connectivity index (χ4n) is 5.48. The molecule has 0 bridgehead atoms. The molecule has 0 radical (unpaired) electrons. The number of hydrogen-bond donors (Lipinski definition) is 3. The second kappa shape index (κ2) is 11.0. The Bertz CT molecular complexity index is 1410. The number of nitrogens with zero attached hydrogens (tertiary/aromatic N) is 3. The Labute approximate surface area is 233 Å². The second-order valence-corrected chi connectivity index (χ2v) is 10.4. The maximum absolute atomic E-state index is 14.2. The van der Waals surface area contributed by atoms with E-state index in [-0.39, 0.29) is 28.6 Å². The van der Waals surface area contributed by atoms with E-state index in [0.29, 0.717) is 55.8 Å². The molecule has 1 spiro atoms. The number of halogens is 4. The van der Waals surface area contributed by atoms with Crippen LogP contribution in [0.5, 0.6) is 11.6 Å². The topological polar surface area (TPSA) is 123 Å². The lowest BCUT2D eigenvalue weighted by atomic mass is 9.76. The van der Waals surface area contributed by atoms with Gasteiger partial charge in [0.05, 0.1) is 7.11 Å². The lowest BCUT2D eigenvalue weighted by Gasteiger charge is -2.39. The highest BCUT2D eigenvalue weighted by Crippen LogP contribution is 2.41. The van der Waals surface area contributed by atoms with Gasteiger partial charge in [-0.3, -0.25) is 4.79 Å². The first-order valence-electron chi connectivity index (χ1n) is 13.0. The second-order valence-electron chi connectivity index (χ2n) is 10.4. The highest BCUT2D eigenvalue weighted by molar-refractivity contribution is 5.74. The van der Waals surface area contributed by atoms with Crippen LogP contribution in [0.4, 0.5) is 29.3 Å². The minimum absolute atomic E-state index is 0.151. The molecule has 1 aromatic heterocycles. The fourth-order valence-corrected chi connectivity index (χ4v) is 5.48. The molecule has 5 rings (SSSR count). The number of piperidine rings is 1. The van der Waals surface area contributed by atoms with E-state index in [0.717, 1.165) is 0 Å². The van der Waals surface area contributed by atoms with Crippen molar-refractivity contribution in [2.45, 2.75) is 37.6 Å². The number of methoxy groups -OCH3 is 1. The van der Waals surface area contributed by atoms with E-state index in [1.165, 1.54) is 49.6 Å². The number of nitrogens with two attached hydrogens (primary N) is 1. The number of aliphatic carboxylic acids is 1. The zero-order valence-corrected chi connectivity index (χ0v) is 22.1. The third-order valence-corrected chi connectivity index (χ3v) is 7.70. The molecule has 0 aliphatic carbocycles. The Balaban J connectivity index is 1.33. The van der Waals surface area contributed by atoms with Gasteiger partial charge in [0.2, 0.25) is 17.9 Å². The largest absolute Gasteiger partial charge is 0.497 e. The standard InChI is InChI=1S/C28H29F4N5O4/c1-40-20-11-18(10-19(29)12-20)16-2-4-17(5-3-16)24(28(30,31)32)41-23-13-22(35-26(33)36-23)37-8-6-27(7-9-37)14-21(25(38)39)34-15-27/h2-5,10-13,21,24,34H,6-9,14-15H2,1H3,(H,38,39)(H2,33,35,36)/t21-,24+/m0/s1. The highest BCUT2D eigenvalue weighted by atomic mass is 19.4. The van der Waals surface area contributed by atoms with Crippen molar-refractivity contribution in [3.05, 3.63) is 59.9 Å². The maximum atomic E-state index is 14.2. The van der Waals surface area contributed by atoms with Gasteiger partial charge >= 0.3 is 12.1 Å². The Morgan fingerprint density at radius 3 is 2.44 bits per heavy atom. The van der Waals surface area contributed by atoms with Crippen LogP contribution >= 0.6 is 0 Å². The number of rotatable bonds is 7. The highest BCUT2D eigenvalue weighted by Gasteiger charge is 2.45. The Morgan fingerprint density at radius 1 is 1.12 bits per heavy atom. The van der Waals surface area contributed by atoms with Crippen molar-refractivity contribution < 1.29 is 36.9 Å². The predicted octanol–water partition coefficient (Wildman–Crippen LogP) is 4.59. The third-order valence-electron chi connectivity index (χ3n) is 7.70. The predicted molar refractivity (Wildman–Crippen MR) is 142 cm³/mol. The molecule has 9 nitrogen and oxygen atoms in total. The summed E-state index contributed by atoms with van der Waals surface area (Å²) in [7, 11) is 1.39. The zero-order chi connectivity index (χ0) is 29.4. The van der Waals surface area contributed by atoms with Crippen LogP contribution in [-0.4, -0.2) is 60.0 Å². The molecule has 2 saturated heterocycles. The summed E-state index contributed by atoms with van der Waals surface area (Å²) in [5, 5.41) is 12.4. The Hall–Kier alpha value is -4.13. The maximum Gasteiger partial charge on any atom is 0.429 e. The van der Waals surface area contributed by atoms with Crippen LogP contribution in [0.1, 0.15) is 30.9 Å². The minimum Gasteiger partial charge on any atom is -0.497 e. The van der Waals surface area contributed by atoms with Crippen LogP contribution in [0.15, 0.2) is 48.5 Å². The number of nitrogens with one attached hydrogen (secondary N) is 1. The number of carbonyl (C=O) groups is 1. The number of hydrogen-bond acceptors (Lipinski definition) is 8. The van der Waals surface area contributed by atoms with Crippen molar-refractivity contribution in [2.24, 2.45) is 5.41 Å². The summed E-state index contributed by atoms with van der Waals surface area (Å²) in [5.74, 6) is -1.36. The van der Waals surface area contributed by atoms with Gasteiger partial charge in [0.25, 0.3) is 0 Å². The number of benzene rings is 2. The number of ether oxygens (including phenoxy) is 2. The van der Waals surface area contributed by atoms with Crippen molar-refractivity contribution in [1.29, 1.82) is 0 Å². The quantitative estimate of drug-likeness (QED) is 0.347. The molecular weight excluding hydrogens is 546 g/mol. The Morgan fingerprint density at radius 2 is 1.83 bits per heavy atom. The van der Waals surface area contributed by atoms with Crippen molar-refractivity contribution in [3.8, 4) is 22.8 Å². The van der Waals surface area contributed by atoms with Gasteiger partial charge in [0.1, 0.15) is 23.4 Å². The van der Waals surface area contributed by atoms with Crippen LogP contribution in [0.25, 0.3) is 11.1 Å². The van der Waals surface area contributed by atoms with Gasteiger partial charge in [0.15, 0.2) is 0 Å². The van der Waals surface area contributed by atoms with E-state index >= 15 is 0 Å². The summed E-state index contributed by atoms with van der Waals surface area (Å²) in [6.07, 6.45) is -5.22. The summed E-state index contributed by atoms with van der Waals surface area (Å²) in [6, 6.07) is 10.2. The molecule has 2 aliphatic heterocycles. The van der Waals surface area contributed by atoms with Gasteiger partial charge in [-0.2, -0.15) is 23.1 Å². The lowest BCUT2D eigenvalue weighted by Crippen LogP contribution is -2.41. The van der Waals surface area contributed by atoms with Crippen LogP contribution in [-0.2, 0) is 4.79 Å². The number of carboxylic acid groups (broad SMARTS) is 1. The van der Waals surface area contributed by atoms with Crippen LogP contribution in [0, 0.1) is 11.2 Å². The average Bonchev–Trinajstić information content (AvgIpc) is 3.35. The first kappa shape index (κ1) is 28.4. The molecule has 2 fully saturated rings. The number of aromatic nitrogens is 2. The van der Waals surface area contributed by atoms with Crippen LogP contribution in [0.3, 0.4) is 0 Å². The van der Waals surface area contributed by atoms with Gasteiger partial charge in [-0.1, -0.05) is 24.3 Å². The molecule has 218 valence electrons. The van der Waals surface area contributed by atoms with Crippen LogP contribution in [0.2, 0.25) is 0 Å². The number of nitrogen functional groups attached to an aromatic ring is 1. The molecule has 3 aromatic rings.